The summed E-state index contributed by atoms with van der Waals surface area (Å²) >= 11 is 5.69. The predicted octanol–water partition coefficient (Wildman–Crippen LogP) is 3.03. The summed E-state index contributed by atoms with van der Waals surface area (Å²) < 4.78 is 18.5. The number of likely N-dealkylation sites (tertiary alicyclic amines) is 1. The number of halogens is 2. The van der Waals surface area contributed by atoms with Crippen LogP contribution in [-0.2, 0) is 11.3 Å². The number of carbonyl (C=O) groups excluding carboxylic acids is 1. The first-order valence-corrected chi connectivity index (χ1v) is 8.96. The molecule has 1 fully saturated rings. The van der Waals surface area contributed by atoms with Crippen molar-refractivity contribution in [3.8, 4) is 5.75 Å². The van der Waals surface area contributed by atoms with Gasteiger partial charge in [-0.15, -0.1) is 0 Å². The maximum atomic E-state index is 13.1. The van der Waals surface area contributed by atoms with Gasteiger partial charge in [0.15, 0.2) is 6.61 Å². The van der Waals surface area contributed by atoms with Crippen molar-refractivity contribution in [2.45, 2.75) is 25.4 Å². The van der Waals surface area contributed by atoms with E-state index in [0.29, 0.717) is 5.75 Å². The summed E-state index contributed by atoms with van der Waals surface area (Å²) in [6, 6.07) is 8.18. The summed E-state index contributed by atoms with van der Waals surface area (Å²) in [4.78, 5) is 18.5. The lowest BCUT2D eigenvalue weighted by Crippen LogP contribution is -2.45. The minimum Gasteiger partial charge on any atom is -0.484 e. The molecule has 0 radical (unpaired) electrons. The Morgan fingerprint density at radius 1 is 1.35 bits per heavy atom. The van der Waals surface area contributed by atoms with Gasteiger partial charge in [0, 0.05) is 44.1 Å². The van der Waals surface area contributed by atoms with Crippen LogP contribution in [0.4, 0.5) is 4.39 Å². The fourth-order valence-electron chi connectivity index (χ4n) is 2.97. The van der Waals surface area contributed by atoms with Crippen molar-refractivity contribution in [3.63, 3.8) is 0 Å². The highest BCUT2D eigenvalue weighted by atomic mass is 35.5. The van der Waals surface area contributed by atoms with E-state index in [1.54, 1.807) is 6.20 Å². The molecule has 1 aromatic carbocycles. The Hall–Kier alpha value is -2.18. The molecule has 1 aliphatic rings. The van der Waals surface area contributed by atoms with E-state index in [4.69, 9.17) is 16.3 Å². The number of hydrogen-bond acceptors (Lipinski definition) is 4. The van der Waals surface area contributed by atoms with Crippen LogP contribution in [-0.4, -0.2) is 41.5 Å². The Morgan fingerprint density at radius 3 is 2.85 bits per heavy atom. The third kappa shape index (κ3) is 5.41. The molecule has 1 saturated heterocycles. The molecule has 26 heavy (non-hydrogen) atoms. The van der Waals surface area contributed by atoms with Gasteiger partial charge in [-0.3, -0.25) is 14.7 Å². The number of nitrogens with zero attached hydrogens (tertiary/aromatic N) is 2. The van der Waals surface area contributed by atoms with Crippen molar-refractivity contribution >= 4 is 17.5 Å². The topological polar surface area (TPSA) is 54.5 Å². The SMILES string of the molecule is O=C(COc1ccc(F)c(Cl)c1)NC1CCN(Cc2cccnc2)CC1. The lowest BCUT2D eigenvalue weighted by molar-refractivity contribution is -0.124. The fourth-order valence-corrected chi connectivity index (χ4v) is 3.14. The molecule has 2 heterocycles. The fraction of sp³-hybridized carbons (Fsp3) is 0.368. The number of ether oxygens (including phenoxy) is 1. The Bertz CT molecular complexity index is 737. The highest BCUT2D eigenvalue weighted by molar-refractivity contribution is 6.30. The molecule has 2 aromatic rings. The molecule has 0 aliphatic carbocycles. The van der Waals surface area contributed by atoms with E-state index < -0.39 is 5.82 Å². The van der Waals surface area contributed by atoms with Crippen LogP contribution in [0.25, 0.3) is 0 Å². The standard InChI is InChI=1S/C19H21ClFN3O2/c20-17-10-16(3-4-18(17)21)26-13-19(25)23-15-5-8-24(9-6-15)12-14-2-1-7-22-11-14/h1-4,7,10-11,15H,5-6,8-9,12-13H2,(H,23,25). The van der Waals surface area contributed by atoms with Crippen molar-refractivity contribution in [1.29, 1.82) is 0 Å². The Kier molecular flexibility index (Phi) is 6.41. The molecule has 1 N–H and O–H groups in total. The average molecular weight is 378 g/mol. The number of pyridine rings is 1. The van der Waals surface area contributed by atoms with Gasteiger partial charge in [-0.1, -0.05) is 17.7 Å². The highest BCUT2D eigenvalue weighted by Gasteiger charge is 2.21. The highest BCUT2D eigenvalue weighted by Crippen LogP contribution is 2.21. The summed E-state index contributed by atoms with van der Waals surface area (Å²) in [5, 5.41) is 2.97. The van der Waals surface area contributed by atoms with Gasteiger partial charge >= 0.3 is 0 Å². The van der Waals surface area contributed by atoms with E-state index in [9.17, 15) is 9.18 Å². The van der Waals surface area contributed by atoms with Crippen LogP contribution in [0.2, 0.25) is 5.02 Å². The second-order valence-corrected chi connectivity index (χ2v) is 6.75. The second kappa shape index (κ2) is 8.96. The third-order valence-electron chi connectivity index (χ3n) is 4.34. The summed E-state index contributed by atoms with van der Waals surface area (Å²) in [7, 11) is 0. The van der Waals surface area contributed by atoms with Gasteiger partial charge in [0.25, 0.3) is 5.91 Å². The van der Waals surface area contributed by atoms with E-state index in [1.807, 2.05) is 12.3 Å². The zero-order valence-corrected chi connectivity index (χ0v) is 15.1. The molecule has 1 amide bonds. The number of piperidine rings is 1. The Balaban J connectivity index is 1.38. The van der Waals surface area contributed by atoms with Crippen LogP contribution in [0.3, 0.4) is 0 Å². The lowest BCUT2D eigenvalue weighted by Gasteiger charge is -2.32. The van der Waals surface area contributed by atoms with Gasteiger partial charge < -0.3 is 10.1 Å². The number of aromatic nitrogens is 1. The molecule has 0 unspecified atom stereocenters. The monoisotopic (exact) mass is 377 g/mol. The Morgan fingerprint density at radius 2 is 2.15 bits per heavy atom. The van der Waals surface area contributed by atoms with E-state index in [2.05, 4.69) is 21.3 Å². The zero-order chi connectivity index (χ0) is 18.4. The molecule has 1 aromatic heterocycles. The number of rotatable bonds is 6. The average Bonchev–Trinajstić information content (AvgIpc) is 2.65. The minimum absolute atomic E-state index is 0.0242. The largest absolute Gasteiger partial charge is 0.484 e. The summed E-state index contributed by atoms with van der Waals surface area (Å²) in [6.07, 6.45) is 5.45. The molecule has 1 aliphatic heterocycles. The Labute approximate surface area is 157 Å². The van der Waals surface area contributed by atoms with E-state index in [1.165, 1.54) is 23.8 Å². The first-order valence-electron chi connectivity index (χ1n) is 8.58. The van der Waals surface area contributed by atoms with Crippen molar-refractivity contribution in [3.05, 3.63) is 59.1 Å². The molecule has 0 spiro atoms. The van der Waals surface area contributed by atoms with Gasteiger partial charge in [0.1, 0.15) is 11.6 Å². The number of benzene rings is 1. The molecule has 5 nitrogen and oxygen atoms in total. The van der Waals surface area contributed by atoms with Crippen molar-refractivity contribution in [2.24, 2.45) is 0 Å². The van der Waals surface area contributed by atoms with Crippen LogP contribution in [0, 0.1) is 5.82 Å². The molecule has 138 valence electrons. The van der Waals surface area contributed by atoms with Crippen LogP contribution >= 0.6 is 11.6 Å². The minimum atomic E-state index is -0.512. The number of carbonyl (C=O) groups is 1. The predicted molar refractivity (Wildman–Crippen MR) is 97.6 cm³/mol. The normalized spacial score (nSPS) is 15.6. The van der Waals surface area contributed by atoms with Gasteiger partial charge in [0.05, 0.1) is 5.02 Å². The zero-order valence-electron chi connectivity index (χ0n) is 14.3. The van der Waals surface area contributed by atoms with Crippen molar-refractivity contribution in [2.75, 3.05) is 19.7 Å². The van der Waals surface area contributed by atoms with Crippen molar-refractivity contribution in [1.82, 2.24) is 15.2 Å². The number of amides is 1. The second-order valence-electron chi connectivity index (χ2n) is 6.34. The molecule has 0 saturated carbocycles. The lowest BCUT2D eigenvalue weighted by atomic mass is 10.0. The smallest absolute Gasteiger partial charge is 0.258 e. The van der Waals surface area contributed by atoms with Gasteiger partial charge in [-0.05, 0) is 36.6 Å². The third-order valence-corrected chi connectivity index (χ3v) is 4.63. The molecular weight excluding hydrogens is 357 g/mol. The molecule has 0 bridgehead atoms. The summed E-state index contributed by atoms with van der Waals surface area (Å²) in [5.74, 6) is -0.324. The van der Waals surface area contributed by atoms with E-state index in [-0.39, 0.29) is 23.6 Å². The quantitative estimate of drug-likeness (QED) is 0.840. The van der Waals surface area contributed by atoms with Crippen LogP contribution in [0.15, 0.2) is 42.7 Å². The molecule has 3 rings (SSSR count). The van der Waals surface area contributed by atoms with E-state index in [0.717, 1.165) is 32.5 Å². The van der Waals surface area contributed by atoms with Crippen LogP contribution < -0.4 is 10.1 Å². The van der Waals surface area contributed by atoms with Crippen LogP contribution in [0.1, 0.15) is 18.4 Å². The number of hydrogen-bond donors (Lipinski definition) is 1. The maximum Gasteiger partial charge on any atom is 0.258 e. The molecular formula is C19H21ClFN3O2. The first kappa shape index (κ1) is 18.6. The maximum absolute atomic E-state index is 13.1. The van der Waals surface area contributed by atoms with E-state index >= 15 is 0 Å². The molecule has 0 atom stereocenters. The number of nitrogens with one attached hydrogen (secondary N) is 1. The van der Waals surface area contributed by atoms with Gasteiger partial charge in [-0.2, -0.15) is 0 Å². The van der Waals surface area contributed by atoms with Crippen molar-refractivity contribution < 1.29 is 13.9 Å². The first-order chi connectivity index (χ1) is 12.6. The molecule has 7 heteroatoms. The summed E-state index contributed by atoms with van der Waals surface area (Å²) in [5.41, 5.74) is 1.20. The summed E-state index contributed by atoms with van der Waals surface area (Å²) in [6.45, 7) is 2.61. The van der Waals surface area contributed by atoms with Gasteiger partial charge in [-0.25, -0.2) is 4.39 Å². The van der Waals surface area contributed by atoms with Crippen LogP contribution in [0.5, 0.6) is 5.75 Å². The van der Waals surface area contributed by atoms with Gasteiger partial charge in [0.2, 0.25) is 0 Å².